The third kappa shape index (κ3) is 2.74. The molecule has 0 bridgehead atoms. The number of rotatable bonds is 2. The van der Waals surface area contributed by atoms with Gasteiger partial charge in [0, 0.05) is 0 Å². The average molecular weight is 267 g/mol. The van der Waals surface area contributed by atoms with Crippen LogP contribution in [0.3, 0.4) is 0 Å². The number of halogens is 4. The van der Waals surface area contributed by atoms with Crippen LogP contribution in [-0.2, 0) is 9.84 Å². The van der Waals surface area contributed by atoms with E-state index in [1.54, 1.807) is 0 Å². The molecule has 0 aliphatic rings. The average Bonchev–Trinajstić information content (AvgIpc) is 2.16. The Morgan fingerprint density at radius 3 is 2.00 bits per heavy atom. The smallest absolute Gasteiger partial charge is 0.222 e. The molecule has 3 nitrogen and oxygen atoms in total. The van der Waals surface area contributed by atoms with Crippen molar-refractivity contribution in [2.75, 3.05) is 0 Å². The molecule has 0 aliphatic carbocycles. The van der Waals surface area contributed by atoms with Crippen molar-refractivity contribution in [3.63, 3.8) is 0 Å². The highest BCUT2D eigenvalue weighted by Crippen LogP contribution is 2.29. The quantitative estimate of drug-likeness (QED) is 0.608. The van der Waals surface area contributed by atoms with Gasteiger partial charge in [0.05, 0.1) is 11.0 Å². The van der Waals surface area contributed by atoms with Gasteiger partial charge in [-0.2, -0.15) is 18.4 Å². The van der Waals surface area contributed by atoms with Crippen LogP contribution in [0.4, 0.5) is 17.6 Å². The van der Waals surface area contributed by atoms with Crippen LogP contribution in [-0.4, -0.2) is 19.8 Å². The number of hydrogen-bond acceptors (Lipinski definition) is 3. The van der Waals surface area contributed by atoms with Crippen molar-refractivity contribution in [1.29, 1.82) is 5.26 Å². The summed E-state index contributed by atoms with van der Waals surface area (Å²) < 4.78 is 72.3. The van der Waals surface area contributed by atoms with Gasteiger partial charge in [-0.1, -0.05) is 0 Å². The molecule has 0 saturated heterocycles. The Kier molecular flexibility index (Phi) is 3.43. The van der Waals surface area contributed by atoms with Gasteiger partial charge in [-0.15, -0.1) is 0 Å². The molecule has 8 heteroatoms. The number of nitrogens with zero attached hydrogens (tertiary/aromatic N) is 1. The molecule has 0 N–H and O–H groups in total. The minimum Gasteiger partial charge on any atom is -0.222 e. The summed E-state index contributed by atoms with van der Waals surface area (Å²) in [6.07, 6.45) is -5.19. The summed E-state index contributed by atoms with van der Waals surface area (Å²) in [4.78, 5) is -0.747. The zero-order valence-corrected chi connectivity index (χ0v) is 8.89. The molecule has 0 amide bonds. The third-order valence-electron chi connectivity index (χ3n) is 1.87. The topological polar surface area (TPSA) is 57.9 Å². The first-order valence-electron chi connectivity index (χ1n) is 4.15. The van der Waals surface area contributed by atoms with Gasteiger partial charge in [0.1, 0.15) is 5.82 Å². The van der Waals surface area contributed by atoms with Crippen LogP contribution in [0.2, 0.25) is 0 Å². The number of alkyl halides is 3. The highest BCUT2D eigenvalue weighted by Gasteiger charge is 2.49. The lowest BCUT2D eigenvalue weighted by Gasteiger charge is -2.13. The van der Waals surface area contributed by atoms with E-state index in [0.717, 1.165) is 0 Å². The maximum atomic E-state index is 12.5. The molecule has 1 unspecified atom stereocenters. The van der Waals surface area contributed by atoms with Gasteiger partial charge >= 0.3 is 6.18 Å². The van der Waals surface area contributed by atoms with Crippen molar-refractivity contribution in [1.82, 2.24) is 0 Å². The highest BCUT2D eigenvalue weighted by molar-refractivity contribution is 7.92. The Hall–Kier alpha value is -1.62. The van der Waals surface area contributed by atoms with Crippen LogP contribution in [0.5, 0.6) is 0 Å². The third-order valence-corrected chi connectivity index (χ3v) is 3.79. The fourth-order valence-electron chi connectivity index (χ4n) is 1.08. The van der Waals surface area contributed by atoms with E-state index in [0.29, 0.717) is 30.3 Å². The van der Waals surface area contributed by atoms with Crippen molar-refractivity contribution >= 4 is 9.84 Å². The highest BCUT2D eigenvalue weighted by atomic mass is 32.2. The molecule has 1 rings (SSSR count). The summed E-state index contributed by atoms with van der Waals surface area (Å²) in [6, 6.07) is 3.46. The first-order chi connectivity index (χ1) is 7.69. The molecular weight excluding hydrogens is 262 g/mol. The lowest BCUT2D eigenvalue weighted by atomic mass is 10.3. The second kappa shape index (κ2) is 4.33. The second-order valence-electron chi connectivity index (χ2n) is 3.05. The summed E-state index contributed by atoms with van der Waals surface area (Å²) in [5.74, 6) is -0.788. The van der Waals surface area contributed by atoms with E-state index in [4.69, 9.17) is 5.26 Å². The molecular formula is C9H5F4NO2S. The molecule has 1 aromatic carbocycles. The largest absolute Gasteiger partial charge is 0.418 e. The van der Waals surface area contributed by atoms with Crippen molar-refractivity contribution in [3.8, 4) is 6.07 Å². The Labute approximate surface area is 94.2 Å². The minimum absolute atomic E-state index is 0.681. The van der Waals surface area contributed by atoms with Crippen LogP contribution in [0.1, 0.15) is 0 Å². The maximum Gasteiger partial charge on any atom is 0.418 e. The Bertz CT molecular complexity index is 542. The van der Waals surface area contributed by atoms with Crippen molar-refractivity contribution in [3.05, 3.63) is 30.1 Å². The molecule has 0 heterocycles. The van der Waals surface area contributed by atoms with Gasteiger partial charge in [0.2, 0.25) is 15.1 Å². The van der Waals surface area contributed by atoms with E-state index in [9.17, 15) is 26.0 Å². The molecule has 92 valence electrons. The van der Waals surface area contributed by atoms with E-state index in [1.165, 1.54) is 0 Å². The fraction of sp³-hybridized carbons (Fsp3) is 0.222. The number of benzene rings is 1. The van der Waals surface area contributed by atoms with Gasteiger partial charge in [-0.05, 0) is 24.3 Å². The van der Waals surface area contributed by atoms with E-state index < -0.39 is 32.0 Å². The molecule has 0 spiro atoms. The molecule has 0 radical (unpaired) electrons. The van der Waals surface area contributed by atoms with Crippen LogP contribution < -0.4 is 0 Å². The van der Waals surface area contributed by atoms with Gasteiger partial charge in [-0.3, -0.25) is 0 Å². The van der Waals surface area contributed by atoms with Crippen LogP contribution in [0.15, 0.2) is 29.2 Å². The van der Waals surface area contributed by atoms with Crippen molar-refractivity contribution < 1.29 is 26.0 Å². The van der Waals surface area contributed by atoms with Gasteiger partial charge in [0.25, 0.3) is 0 Å². The second-order valence-corrected chi connectivity index (χ2v) is 5.08. The minimum atomic E-state index is -5.19. The van der Waals surface area contributed by atoms with Gasteiger partial charge < -0.3 is 0 Å². The van der Waals surface area contributed by atoms with Crippen molar-refractivity contribution in [2.45, 2.75) is 16.3 Å². The SMILES string of the molecule is N#CC(C(F)(F)F)S(=O)(=O)c1ccc(F)cc1. The van der Waals surface area contributed by atoms with E-state index >= 15 is 0 Å². The maximum absolute atomic E-state index is 12.5. The lowest BCUT2D eigenvalue weighted by Crippen LogP contribution is -2.35. The molecule has 1 aromatic rings. The molecule has 1 atom stereocenters. The van der Waals surface area contributed by atoms with Gasteiger partial charge in [-0.25, -0.2) is 12.8 Å². The molecule has 0 saturated carbocycles. The number of sulfone groups is 1. The predicted molar refractivity (Wildman–Crippen MR) is 49.0 cm³/mol. The monoisotopic (exact) mass is 267 g/mol. The molecule has 0 aromatic heterocycles. The Balaban J connectivity index is 3.29. The number of hydrogen-bond donors (Lipinski definition) is 0. The first kappa shape index (κ1) is 13.4. The summed E-state index contributed by atoms with van der Waals surface area (Å²) in [6.45, 7) is 0. The number of nitriles is 1. The Morgan fingerprint density at radius 1 is 1.18 bits per heavy atom. The fourth-order valence-corrected chi connectivity index (χ4v) is 2.36. The van der Waals surface area contributed by atoms with Gasteiger partial charge in [0.15, 0.2) is 0 Å². The predicted octanol–water partition coefficient (Wildman–Crippen LogP) is 2.05. The Morgan fingerprint density at radius 2 is 1.65 bits per heavy atom. The molecule has 17 heavy (non-hydrogen) atoms. The summed E-state index contributed by atoms with van der Waals surface area (Å²) in [7, 11) is -4.88. The lowest BCUT2D eigenvalue weighted by molar-refractivity contribution is -0.120. The molecule has 0 aliphatic heterocycles. The first-order valence-corrected chi connectivity index (χ1v) is 5.70. The van der Waals surface area contributed by atoms with E-state index in [2.05, 4.69) is 0 Å². The zero-order valence-electron chi connectivity index (χ0n) is 8.07. The zero-order chi connectivity index (χ0) is 13.3. The summed E-state index contributed by atoms with van der Waals surface area (Å²) in [5, 5.41) is 5.14. The van der Waals surface area contributed by atoms with E-state index in [-0.39, 0.29) is 0 Å². The van der Waals surface area contributed by atoms with E-state index in [1.807, 2.05) is 0 Å². The van der Waals surface area contributed by atoms with Crippen LogP contribution in [0, 0.1) is 17.1 Å². The summed E-state index contributed by atoms with van der Waals surface area (Å²) >= 11 is 0. The van der Waals surface area contributed by atoms with Crippen molar-refractivity contribution in [2.24, 2.45) is 0 Å². The van der Waals surface area contributed by atoms with Crippen LogP contribution >= 0.6 is 0 Å². The standard InChI is InChI=1S/C9H5F4NO2S/c10-6-1-3-7(4-2-6)17(15,16)8(5-14)9(11,12)13/h1-4,8H. The summed E-state index contributed by atoms with van der Waals surface area (Å²) in [5.41, 5.74) is 0. The normalized spacial score (nSPS) is 14.1. The molecule has 0 fully saturated rings. The van der Waals surface area contributed by atoms with Crippen LogP contribution in [0.25, 0.3) is 0 Å².